The summed E-state index contributed by atoms with van der Waals surface area (Å²) in [6.07, 6.45) is 1.37. The third-order valence-corrected chi connectivity index (χ3v) is 4.44. The van der Waals surface area contributed by atoms with Crippen molar-refractivity contribution in [1.82, 2.24) is 15.1 Å². The van der Waals surface area contributed by atoms with Gasteiger partial charge in [-0.15, -0.1) is 0 Å². The van der Waals surface area contributed by atoms with E-state index in [4.69, 9.17) is 0 Å². The molecule has 0 aromatic heterocycles. The zero-order valence-corrected chi connectivity index (χ0v) is 14.8. The summed E-state index contributed by atoms with van der Waals surface area (Å²) < 4.78 is 0. The summed E-state index contributed by atoms with van der Waals surface area (Å²) in [5, 5.41) is 12.2. The summed E-state index contributed by atoms with van der Waals surface area (Å²) in [5.74, 6) is 0.0945. The number of carbonyl (C=O) groups excluding carboxylic acids is 2. The number of piperazine rings is 1. The van der Waals surface area contributed by atoms with Gasteiger partial charge < -0.3 is 10.2 Å². The number of amides is 2. The van der Waals surface area contributed by atoms with Crippen molar-refractivity contribution in [3.05, 3.63) is 35.9 Å². The van der Waals surface area contributed by atoms with E-state index in [0.717, 1.165) is 5.56 Å². The van der Waals surface area contributed by atoms with E-state index >= 15 is 0 Å². The third kappa shape index (κ3) is 5.57. The molecule has 6 heteroatoms. The van der Waals surface area contributed by atoms with Crippen molar-refractivity contribution < 1.29 is 9.59 Å². The van der Waals surface area contributed by atoms with Gasteiger partial charge in [-0.1, -0.05) is 30.3 Å². The Hall–Kier alpha value is -2.39. The third-order valence-electron chi connectivity index (χ3n) is 4.44. The van der Waals surface area contributed by atoms with E-state index in [9.17, 15) is 14.9 Å². The lowest BCUT2D eigenvalue weighted by Gasteiger charge is -2.37. The van der Waals surface area contributed by atoms with Crippen LogP contribution in [0.4, 0.5) is 0 Å². The van der Waals surface area contributed by atoms with Gasteiger partial charge in [-0.05, 0) is 18.9 Å². The number of nitriles is 1. The van der Waals surface area contributed by atoms with Gasteiger partial charge in [-0.25, -0.2) is 0 Å². The average molecular weight is 342 g/mol. The number of benzene rings is 1. The Morgan fingerprint density at radius 1 is 1.16 bits per heavy atom. The minimum Gasteiger partial charge on any atom is -0.356 e. The van der Waals surface area contributed by atoms with Gasteiger partial charge in [0.15, 0.2) is 0 Å². The van der Waals surface area contributed by atoms with Gasteiger partial charge in [0.05, 0.1) is 6.07 Å². The maximum Gasteiger partial charge on any atom is 0.222 e. The molecule has 0 spiro atoms. The van der Waals surface area contributed by atoms with E-state index < -0.39 is 0 Å². The summed E-state index contributed by atoms with van der Waals surface area (Å²) in [6, 6.07) is 11.8. The number of hydrogen-bond acceptors (Lipinski definition) is 4. The second-order valence-electron chi connectivity index (χ2n) is 6.17. The summed E-state index contributed by atoms with van der Waals surface area (Å²) in [7, 11) is 0. The van der Waals surface area contributed by atoms with Gasteiger partial charge >= 0.3 is 0 Å². The molecule has 1 aromatic rings. The van der Waals surface area contributed by atoms with E-state index in [1.807, 2.05) is 42.2 Å². The molecule has 0 saturated carbocycles. The fourth-order valence-electron chi connectivity index (χ4n) is 3.08. The summed E-state index contributed by atoms with van der Waals surface area (Å²) >= 11 is 0. The summed E-state index contributed by atoms with van der Waals surface area (Å²) in [5.41, 5.74) is 0.992. The van der Waals surface area contributed by atoms with Gasteiger partial charge in [0.1, 0.15) is 6.04 Å². The van der Waals surface area contributed by atoms with Crippen LogP contribution in [-0.2, 0) is 9.59 Å². The Kier molecular flexibility index (Phi) is 7.42. The second kappa shape index (κ2) is 9.80. The molecule has 1 atom stereocenters. The van der Waals surface area contributed by atoms with E-state index in [0.29, 0.717) is 52.0 Å². The molecule has 1 heterocycles. The molecule has 6 nitrogen and oxygen atoms in total. The van der Waals surface area contributed by atoms with Crippen molar-refractivity contribution in [3.63, 3.8) is 0 Å². The first-order chi connectivity index (χ1) is 12.2. The van der Waals surface area contributed by atoms with Gasteiger partial charge in [-0.2, -0.15) is 5.26 Å². The lowest BCUT2D eigenvalue weighted by molar-refractivity contribution is -0.133. The fraction of sp³-hybridized carbons (Fsp3) is 0.526. The van der Waals surface area contributed by atoms with Gasteiger partial charge in [0.25, 0.3) is 0 Å². The minimum atomic E-state index is -0.267. The molecule has 2 amide bonds. The van der Waals surface area contributed by atoms with Crippen LogP contribution in [0.5, 0.6) is 0 Å². The van der Waals surface area contributed by atoms with E-state index in [1.165, 1.54) is 0 Å². The van der Waals surface area contributed by atoms with Crippen molar-refractivity contribution in [2.45, 2.75) is 32.2 Å². The quantitative estimate of drug-likeness (QED) is 0.818. The number of nitrogens with zero attached hydrogens (tertiary/aromatic N) is 3. The molecule has 1 aliphatic rings. The summed E-state index contributed by atoms with van der Waals surface area (Å²) in [4.78, 5) is 27.6. The van der Waals surface area contributed by atoms with Crippen LogP contribution in [0.25, 0.3) is 0 Å². The first kappa shape index (κ1) is 18.9. The monoisotopic (exact) mass is 342 g/mol. The summed E-state index contributed by atoms with van der Waals surface area (Å²) in [6.45, 7) is 5.14. The SMILES string of the molecule is CCNC(=O)CCCC(=O)N1CCN([C@H](C#N)c2ccccc2)CC1. The largest absolute Gasteiger partial charge is 0.356 e. The fourth-order valence-corrected chi connectivity index (χ4v) is 3.08. The van der Waals surface area contributed by atoms with Crippen molar-refractivity contribution in [2.75, 3.05) is 32.7 Å². The molecular formula is C19H26N4O2. The Balaban J connectivity index is 1.78. The lowest BCUT2D eigenvalue weighted by Crippen LogP contribution is -2.49. The Labute approximate surface area is 149 Å². The van der Waals surface area contributed by atoms with Crippen LogP contribution >= 0.6 is 0 Å². The van der Waals surface area contributed by atoms with Gasteiger partial charge in [-0.3, -0.25) is 14.5 Å². The Morgan fingerprint density at radius 2 is 1.84 bits per heavy atom. The van der Waals surface area contributed by atoms with Crippen LogP contribution in [0.3, 0.4) is 0 Å². The smallest absolute Gasteiger partial charge is 0.222 e. The van der Waals surface area contributed by atoms with Crippen molar-refractivity contribution in [2.24, 2.45) is 0 Å². The van der Waals surface area contributed by atoms with Crippen LogP contribution in [0.1, 0.15) is 37.8 Å². The highest BCUT2D eigenvalue weighted by Gasteiger charge is 2.26. The molecule has 0 radical (unpaired) electrons. The van der Waals surface area contributed by atoms with E-state index in [-0.39, 0.29) is 17.9 Å². The van der Waals surface area contributed by atoms with Crippen molar-refractivity contribution in [1.29, 1.82) is 5.26 Å². The first-order valence-electron chi connectivity index (χ1n) is 8.88. The molecule has 1 aromatic carbocycles. The Morgan fingerprint density at radius 3 is 2.44 bits per heavy atom. The first-order valence-corrected chi connectivity index (χ1v) is 8.88. The van der Waals surface area contributed by atoms with Crippen LogP contribution in [0, 0.1) is 11.3 Å². The predicted molar refractivity (Wildman–Crippen MR) is 95.5 cm³/mol. The predicted octanol–water partition coefficient (Wildman–Crippen LogP) is 1.70. The molecule has 2 rings (SSSR count). The number of hydrogen-bond donors (Lipinski definition) is 1. The van der Waals surface area contributed by atoms with Crippen LogP contribution in [0.15, 0.2) is 30.3 Å². The highest BCUT2D eigenvalue weighted by Crippen LogP contribution is 2.21. The topological polar surface area (TPSA) is 76.4 Å². The molecule has 1 aliphatic heterocycles. The maximum absolute atomic E-state index is 12.3. The zero-order valence-electron chi connectivity index (χ0n) is 14.8. The number of rotatable bonds is 7. The van der Waals surface area contributed by atoms with Crippen LogP contribution < -0.4 is 5.32 Å². The van der Waals surface area contributed by atoms with Gasteiger partial charge in [0.2, 0.25) is 11.8 Å². The lowest BCUT2D eigenvalue weighted by atomic mass is 10.1. The molecule has 1 N–H and O–H groups in total. The molecule has 0 bridgehead atoms. The normalized spacial score (nSPS) is 16.1. The Bertz CT molecular complexity index is 604. The molecular weight excluding hydrogens is 316 g/mol. The van der Waals surface area contributed by atoms with Crippen molar-refractivity contribution in [3.8, 4) is 6.07 Å². The van der Waals surface area contributed by atoms with Gasteiger partial charge in [0, 0.05) is 45.6 Å². The highest BCUT2D eigenvalue weighted by molar-refractivity contribution is 5.79. The molecule has 1 saturated heterocycles. The number of nitrogens with one attached hydrogen (secondary N) is 1. The molecule has 25 heavy (non-hydrogen) atoms. The van der Waals surface area contributed by atoms with Crippen molar-refractivity contribution >= 4 is 11.8 Å². The molecule has 1 fully saturated rings. The highest BCUT2D eigenvalue weighted by atomic mass is 16.2. The van der Waals surface area contributed by atoms with Crippen LogP contribution in [0.2, 0.25) is 0 Å². The molecule has 0 unspecified atom stereocenters. The molecule has 0 aliphatic carbocycles. The molecule has 134 valence electrons. The standard InChI is InChI=1S/C19H26N4O2/c1-2-21-18(24)9-6-10-19(25)23-13-11-22(12-14-23)17(15-20)16-7-4-3-5-8-16/h3-5,7-8,17H,2,6,9-14H2,1H3,(H,21,24)/t17-/m1/s1. The average Bonchev–Trinajstić information content (AvgIpc) is 2.64. The maximum atomic E-state index is 12.3. The number of carbonyl (C=O) groups is 2. The van der Waals surface area contributed by atoms with Crippen LogP contribution in [-0.4, -0.2) is 54.3 Å². The second-order valence-corrected chi connectivity index (χ2v) is 6.17. The zero-order chi connectivity index (χ0) is 18.1. The van der Waals surface area contributed by atoms with E-state index in [2.05, 4.69) is 16.3 Å². The minimum absolute atomic E-state index is 0.000146. The van der Waals surface area contributed by atoms with E-state index in [1.54, 1.807) is 0 Å².